The maximum absolute atomic E-state index is 8.85. The second-order valence-corrected chi connectivity index (χ2v) is 4.25. The van der Waals surface area contributed by atoms with E-state index in [1.54, 1.807) is 17.4 Å². The minimum atomic E-state index is 0.503. The minimum absolute atomic E-state index is 0.503. The van der Waals surface area contributed by atoms with Crippen LogP contribution in [0, 0.1) is 11.3 Å². The van der Waals surface area contributed by atoms with E-state index < -0.39 is 0 Å². The van der Waals surface area contributed by atoms with Gasteiger partial charge in [-0.15, -0.1) is 11.3 Å². The number of nitriles is 1. The van der Waals surface area contributed by atoms with Gasteiger partial charge in [0.15, 0.2) is 0 Å². The lowest BCUT2D eigenvalue weighted by molar-refractivity contribution is 0.978. The number of aromatic nitrogens is 1. The summed E-state index contributed by atoms with van der Waals surface area (Å²) < 4.78 is 0. The Hall–Kier alpha value is -2.06. The van der Waals surface area contributed by atoms with E-state index in [4.69, 9.17) is 11.0 Å². The highest BCUT2D eigenvalue weighted by Crippen LogP contribution is 2.21. The van der Waals surface area contributed by atoms with E-state index in [0.717, 1.165) is 24.3 Å². The third-order valence-electron chi connectivity index (χ3n) is 2.41. The summed E-state index contributed by atoms with van der Waals surface area (Å²) in [6.07, 6.45) is 0.847. The molecule has 0 amide bonds. The average molecular weight is 244 g/mol. The molecule has 0 aliphatic carbocycles. The fraction of sp³-hybridized carbons (Fsp3) is 0.167. The van der Waals surface area contributed by atoms with Gasteiger partial charge >= 0.3 is 0 Å². The summed E-state index contributed by atoms with van der Waals surface area (Å²) in [5.41, 5.74) is 10.6. The first-order valence-corrected chi connectivity index (χ1v) is 6.15. The molecular weight excluding hydrogens is 232 g/mol. The van der Waals surface area contributed by atoms with Gasteiger partial charge in [0.1, 0.15) is 6.07 Å². The molecule has 0 saturated heterocycles. The van der Waals surface area contributed by atoms with Crippen LogP contribution in [0.25, 0.3) is 0 Å². The minimum Gasteiger partial charge on any atom is -0.396 e. The fourth-order valence-corrected chi connectivity index (χ4v) is 2.10. The molecule has 2 aromatic rings. The second-order valence-electron chi connectivity index (χ2n) is 3.54. The van der Waals surface area contributed by atoms with Crippen LogP contribution < -0.4 is 11.1 Å². The van der Waals surface area contributed by atoms with Gasteiger partial charge in [-0.2, -0.15) is 5.26 Å². The Morgan fingerprint density at radius 2 is 2.35 bits per heavy atom. The summed E-state index contributed by atoms with van der Waals surface area (Å²) in [7, 11) is 0. The van der Waals surface area contributed by atoms with Gasteiger partial charge in [-0.1, -0.05) is 6.07 Å². The summed E-state index contributed by atoms with van der Waals surface area (Å²) in [4.78, 5) is 4.20. The predicted octanol–water partition coefficient (Wildman–Crippen LogP) is 2.25. The molecule has 5 heteroatoms. The van der Waals surface area contributed by atoms with E-state index in [1.165, 1.54) is 0 Å². The number of nitrogens with one attached hydrogen (secondary N) is 1. The third kappa shape index (κ3) is 2.74. The van der Waals surface area contributed by atoms with Crippen LogP contribution in [0.3, 0.4) is 0 Å². The number of hydrogen-bond donors (Lipinski definition) is 2. The van der Waals surface area contributed by atoms with Crippen molar-refractivity contribution in [1.29, 1.82) is 5.26 Å². The summed E-state index contributed by atoms with van der Waals surface area (Å²) in [6, 6.07) is 7.46. The zero-order chi connectivity index (χ0) is 12.1. The largest absolute Gasteiger partial charge is 0.396 e. The Kier molecular flexibility index (Phi) is 3.58. The summed E-state index contributed by atoms with van der Waals surface area (Å²) in [6.45, 7) is 0.753. The molecule has 86 valence electrons. The molecule has 3 N–H and O–H groups in total. The predicted molar refractivity (Wildman–Crippen MR) is 69.9 cm³/mol. The van der Waals surface area contributed by atoms with Gasteiger partial charge in [0.05, 0.1) is 28.1 Å². The standard InChI is InChI=1S/C12H12N4S/c13-6-9-2-1-3-11(12(9)14)15-5-4-10-7-17-8-16-10/h1-3,7-8,15H,4-5,14H2. The highest BCUT2D eigenvalue weighted by molar-refractivity contribution is 7.07. The molecule has 17 heavy (non-hydrogen) atoms. The quantitative estimate of drug-likeness (QED) is 0.809. The van der Waals surface area contributed by atoms with Crippen molar-refractivity contribution in [2.24, 2.45) is 0 Å². The summed E-state index contributed by atoms with van der Waals surface area (Å²) >= 11 is 1.59. The normalized spacial score (nSPS) is 9.82. The first-order chi connectivity index (χ1) is 8.31. The van der Waals surface area contributed by atoms with Gasteiger partial charge in [0.25, 0.3) is 0 Å². The Morgan fingerprint density at radius 1 is 1.47 bits per heavy atom. The monoisotopic (exact) mass is 244 g/mol. The van der Waals surface area contributed by atoms with Crippen LogP contribution in [0.5, 0.6) is 0 Å². The number of thiazole rings is 1. The second kappa shape index (κ2) is 5.32. The molecule has 0 radical (unpaired) electrons. The van der Waals surface area contributed by atoms with Crippen LogP contribution in [0.15, 0.2) is 29.1 Å². The Labute approximate surface area is 104 Å². The molecule has 0 aliphatic heterocycles. The van der Waals surface area contributed by atoms with Crippen molar-refractivity contribution in [3.05, 3.63) is 40.3 Å². The van der Waals surface area contributed by atoms with E-state index in [0.29, 0.717) is 11.3 Å². The van der Waals surface area contributed by atoms with Gasteiger partial charge in [0, 0.05) is 18.3 Å². The van der Waals surface area contributed by atoms with Crippen molar-refractivity contribution >= 4 is 22.7 Å². The van der Waals surface area contributed by atoms with Gasteiger partial charge in [-0.25, -0.2) is 4.98 Å². The maximum Gasteiger partial charge on any atom is 0.101 e. The van der Waals surface area contributed by atoms with Gasteiger partial charge in [0.2, 0.25) is 0 Å². The molecule has 0 aliphatic rings. The van der Waals surface area contributed by atoms with Crippen LogP contribution in [-0.4, -0.2) is 11.5 Å². The number of anilines is 2. The summed E-state index contributed by atoms with van der Waals surface area (Å²) in [5, 5.41) is 14.1. The molecule has 4 nitrogen and oxygen atoms in total. The van der Waals surface area contributed by atoms with Crippen molar-refractivity contribution in [3.8, 4) is 6.07 Å². The van der Waals surface area contributed by atoms with Crippen molar-refractivity contribution in [2.45, 2.75) is 6.42 Å². The van der Waals surface area contributed by atoms with Crippen LogP contribution >= 0.6 is 11.3 Å². The molecule has 0 fully saturated rings. The van der Waals surface area contributed by atoms with Crippen molar-refractivity contribution in [3.63, 3.8) is 0 Å². The van der Waals surface area contributed by atoms with Crippen molar-refractivity contribution in [2.75, 3.05) is 17.6 Å². The van der Waals surface area contributed by atoms with Gasteiger partial charge in [-0.05, 0) is 12.1 Å². The Bertz CT molecular complexity index is 528. The molecule has 0 atom stereocenters. The lowest BCUT2D eigenvalue weighted by atomic mass is 10.1. The maximum atomic E-state index is 8.85. The molecule has 2 rings (SSSR count). The highest BCUT2D eigenvalue weighted by atomic mass is 32.1. The SMILES string of the molecule is N#Cc1cccc(NCCc2cscn2)c1N. The van der Waals surface area contributed by atoms with E-state index in [-0.39, 0.29) is 0 Å². The van der Waals surface area contributed by atoms with E-state index in [1.807, 2.05) is 23.0 Å². The Balaban J connectivity index is 1.98. The molecule has 0 unspecified atom stereocenters. The smallest absolute Gasteiger partial charge is 0.101 e. The molecule has 0 saturated carbocycles. The van der Waals surface area contributed by atoms with Crippen LogP contribution in [0.2, 0.25) is 0 Å². The van der Waals surface area contributed by atoms with Crippen LogP contribution in [-0.2, 0) is 6.42 Å². The van der Waals surface area contributed by atoms with Crippen LogP contribution in [0.1, 0.15) is 11.3 Å². The Morgan fingerprint density at radius 3 is 3.06 bits per heavy atom. The first kappa shape index (κ1) is 11.4. The fourth-order valence-electron chi connectivity index (χ4n) is 1.50. The van der Waals surface area contributed by atoms with Crippen molar-refractivity contribution in [1.82, 2.24) is 4.98 Å². The number of nitrogen functional groups attached to an aromatic ring is 1. The third-order valence-corrected chi connectivity index (χ3v) is 3.04. The lowest BCUT2D eigenvalue weighted by Crippen LogP contribution is -2.07. The summed E-state index contributed by atoms with van der Waals surface area (Å²) in [5.74, 6) is 0. The first-order valence-electron chi connectivity index (χ1n) is 5.21. The van der Waals surface area contributed by atoms with E-state index in [9.17, 15) is 0 Å². The van der Waals surface area contributed by atoms with Crippen LogP contribution in [0.4, 0.5) is 11.4 Å². The van der Waals surface area contributed by atoms with Gasteiger partial charge in [-0.3, -0.25) is 0 Å². The van der Waals surface area contributed by atoms with E-state index in [2.05, 4.69) is 16.4 Å². The van der Waals surface area contributed by atoms with E-state index >= 15 is 0 Å². The number of nitrogens with zero attached hydrogens (tertiary/aromatic N) is 2. The molecular formula is C12H12N4S. The number of para-hydroxylation sites is 1. The highest BCUT2D eigenvalue weighted by Gasteiger charge is 2.03. The molecule has 1 aromatic heterocycles. The molecule has 1 aromatic carbocycles. The lowest BCUT2D eigenvalue weighted by Gasteiger charge is -2.09. The number of hydrogen-bond acceptors (Lipinski definition) is 5. The molecule has 1 heterocycles. The number of nitrogens with two attached hydrogens (primary N) is 1. The zero-order valence-electron chi connectivity index (χ0n) is 9.18. The topological polar surface area (TPSA) is 74.7 Å². The average Bonchev–Trinajstić information content (AvgIpc) is 2.84. The molecule has 0 bridgehead atoms. The number of rotatable bonds is 4. The number of benzene rings is 1. The zero-order valence-corrected chi connectivity index (χ0v) is 10.00. The van der Waals surface area contributed by atoms with Gasteiger partial charge < -0.3 is 11.1 Å². The van der Waals surface area contributed by atoms with Crippen molar-refractivity contribution < 1.29 is 0 Å². The molecule has 0 spiro atoms.